The van der Waals surface area contributed by atoms with E-state index in [0.29, 0.717) is 6.42 Å². The van der Waals surface area contributed by atoms with Crippen LogP contribution in [0.15, 0.2) is 0 Å². The molecule has 0 rings (SSSR count). The summed E-state index contributed by atoms with van der Waals surface area (Å²) < 4.78 is 0. The third kappa shape index (κ3) is 9.34. The summed E-state index contributed by atoms with van der Waals surface area (Å²) in [6.07, 6.45) is 5.32. The summed E-state index contributed by atoms with van der Waals surface area (Å²) in [4.78, 5) is 10.2. The van der Waals surface area contributed by atoms with Gasteiger partial charge in [0.2, 0.25) is 0 Å². The molecule has 1 atom stereocenters. The molecule has 0 heterocycles. The predicted octanol–water partition coefficient (Wildman–Crippen LogP) is 2.18. The maximum absolute atomic E-state index is 10.2. The van der Waals surface area contributed by atoms with Crippen LogP contribution in [-0.2, 0) is 4.79 Å². The minimum absolute atomic E-state index is 0.0783. The number of carbonyl (C=O) groups is 1. The van der Waals surface area contributed by atoms with Gasteiger partial charge in [-0.15, -0.1) is 0 Å². The number of aliphatic carboxylic acids is 1. The normalized spacial score (nSPS) is 12.8. The summed E-state index contributed by atoms with van der Waals surface area (Å²) in [5, 5.41) is 17.7. The van der Waals surface area contributed by atoms with Gasteiger partial charge in [0.1, 0.15) is 0 Å². The Morgan fingerprint density at radius 2 is 1.92 bits per heavy atom. The highest BCUT2D eigenvalue weighted by Crippen LogP contribution is 2.09. The fourth-order valence-electron chi connectivity index (χ4n) is 1.24. The van der Waals surface area contributed by atoms with Gasteiger partial charge in [-0.05, 0) is 12.8 Å². The van der Waals surface area contributed by atoms with E-state index < -0.39 is 12.1 Å². The first-order chi connectivity index (χ1) is 6.16. The van der Waals surface area contributed by atoms with Crippen molar-refractivity contribution in [1.82, 2.24) is 0 Å². The number of rotatable bonds is 8. The molecule has 78 valence electrons. The zero-order valence-corrected chi connectivity index (χ0v) is 8.33. The molecule has 0 aliphatic carbocycles. The van der Waals surface area contributed by atoms with E-state index in [1.165, 1.54) is 12.8 Å². The van der Waals surface area contributed by atoms with E-state index in [1.807, 2.05) is 0 Å². The highest BCUT2D eigenvalue weighted by Gasteiger charge is 2.06. The fraction of sp³-hybridized carbons (Fsp3) is 0.900. The van der Waals surface area contributed by atoms with Crippen LogP contribution in [0.3, 0.4) is 0 Å². The Kier molecular flexibility index (Phi) is 7.69. The van der Waals surface area contributed by atoms with Gasteiger partial charge in [0.05, 0.1) is 6.10 Å². The van der Waals surface area contributed by atoms with Crippen LogP contribution >= 0.6 is 0 Å². The first-order valence-electron chi connectivity index (χ1n) is 5.06. The van der Waals surface area contributed by atoms with Crippen molar-refractivity contribution in [2.75, 3.05) is 0 Å². The number of carboxylic acids is 1. The molecule has 0 saturated heterocycles. The smallest absolute Gasteiger partial charge is 0.303 e. The average molecular weight is 188 g/mol. The van der Waals surface area contributed by atoms with E-state index in [9.17, 15) is 9.90 Å². The zero-order chi connectivity index (χ0) is 10.1. The van der Waals surface area contributed by atoms with Gasteiger partial charge < -0.3 is 10.2 Å². The first-order valence-corrected chi connectivity index (χ1v) is 5.06. The molecular weight excluding hydrogens is 168 g/mol. The van der Waals surface area contributed by atoms with Gasteiger partial charge >= 0.3 is 5.97 Å². The number of hydrogen-bond acceptors (Lipinski definition) is 2. The molecular formula is C10H20O3. The fourth-order valence-corrected chi connectivity index (χ4v) is 1.24. The Bertz CT molecular complexity index is 134. The Balaban J connectivity index is 3.19. The Hall–Kier alpha value is -0.570. The van der Waals surface area contributed by atoms with Crippen molar-refractivity contribution in [2.24, 2.45) is 0 Å². The van der Waals surface area contributed by atoms with Crippen LogP contribution in [0.5, 0.6) is 0 Å². The van der Waals surface area contributed by atoms with Gasteiger partial charge in [-0.3, -0.25) is 4.79 Å². The summed E-state index contributed by atoms with van der Waals surface area (Å²) in [6.45, 7) is 2.14. The van der Waals surface area contributed by atoms with Crippen LogP contribution in [-0.4, -0.2) is 22.3 Å². The predicted molar refractivity (Wildman–Crippen MR) is 51.6 cm³/mol. The van der Waals surface area contributed by atoms with Gasteiger partial charge in [0.15, 0.2) is 0 Å². The number of hydrogen-bond donors (Lipinski definition) is 2. The molecule has 13 heavy (non-hydrogen) atoms. The van der Waals surface area contributed by atoms with Crippen molar-refractivity contribution in [3.05, 3.63) is 0 Å². The van der Waals surface area contributed by atoms with Gasteiger partial charge in [0.25, 0.3) is 0 Å². The number of aliphatic hydroxyl groups is 1. The maximum atomic E-state index is 10.2. The molecule has 0 radical (unpaired) electrons. The van der Waals surface area contributed by atoms with Crippen molar-refractivity contribution in [1.29, 1.82) is 0 Å². The van der Waals surface area contributed by atoms with Crippen molar-refractivity contribution in [3.63, 3.8) is 0 Å². The van der Waals surface area contributed by atoms with Crippen LogP contribution in [0.4, 0.5) is 0 Å². The highest BCUT2D eigenvalue weighted by molar-refractivity contribution is 5.66. The van der Waals surface area contributed by atoms with E-state index in [2.05, 4.69) is 6.92 Å². The monoisotopic (exact) mass is 188 g/mol. The van der Waals surface area contributed by atoms with Gasteiger partial charge in [-0.2, -0.15) is 0 Å². The van der Waals surface area contributed by atoms with E-state index in [1.54, 1.807) is 0 Å². The third-order valence-electron chi connectivity index (χ3n) is 2.08. The molecule has 0 spiro atoms. The Morgan fingerprint density at radius 3 is 2.46 bits per heavy atom. The molecule has 0 aromatic heterocycles. The molecule has 2 N–H and O–H groups in total. The molecule has 0 amide bonds. The SMILES string of the molecule is CCCCCCC(O)CCC(=O)O. The topological polar surface area (TPSA) is 57.5 Å². The van der Waals surface area contributed by atoms with E-state index in [4.69, 9.17) is 5.11 Å². The van der Waals surface area contributed by atoms with Crippen LogP contribution in [0.25, 0.3) is 0 Å². The largest absolute Gasteiger partial charge is 0.481 e. The second-order valence-electron chi connectivity index (χ2n) is 3.44. The summed E-state index contributed by atoms with van der Waals surface area (Å²) in [7, 11) is 0. The molecule has 0 fully saturated rings. The van der Waals surface area contributed by atoms with Gasteiger partial charge in [-0.25, -0.2) is 0 Å². The quantitative estimate of drug-likeness (QED) is 0.574. The maximum Gasteiger partial charge on any atom is 0.303 e. The van der Waals surface area contributed by atoms with E-state index in [0.717, 1.165) is 19.3 Å². The average Bonchev–Trinajstić information content (AvgIpc) is 2.09. The minimum Gasteiger partial charge on any atom is -0.481 e. The van der Waals surface area contributed by atoms with Crippen molar-refractivity contribution in [3.8, 4) is 0 Å². The number of carboxylic acid groups (broad SMARTS) is 1. The molecule has 0 aliphatic rings. The first kappa shape index (κ1) is 12.4. The second-order valence-corrected chi connectivity index (χ2v) is 3.44. The minimum atomic E-state index is -0.826. The second kappa shape index (κ2) is 8.05. The Morgan fingerprint density at radius 1 is 1.23 bits per heavy atom. The molecule has 0 saturated carbocycles. The molecule has 1 unspecified atom stereocenters. The number of aliphatic hydroxyl groups excluding tert-OH is 1. The molecule has 0 aromatic carbocycles. The lowest BCUT2D eigenvalue weighted by molar-refractivity contribution is -0.137. The van der Waals surface area contributed by atoms with E-state index in [-0.39, 0.29) is 6.42 Å². The summed E-state index contributed by atoms with van der Waals surface area (Å²) in [5.41, 5.74) is 0. The number of unbranched alkanes of at least 4 members (excludes halogenated alkanes) is 3. The van der Waals surface area contributed by atoms with Crippen LogP contribution < -0.4 is 0 Å². The lowest BCUT2D eigenvalue weighted by Gasteiger charge is -2.07. The van der Waals surface area contributed by atoms with Crippen molar-refractivity contribution in [2.45, 2.75) is 58.0 Å². The summed E-state index contributed by atoms with van der Waals surface area (Å²) in [5.74, 6) is -0.826. The Labute approximate surface area is 79.8 Å². The molecule has 0 aliphatic heterocycles. The molecule has 0 bridgehead atoms. The molecule has 0 aromatic rings. The standard InChI is InChI=1S/C10H20O3/c1-2-3-4-5-6-9(11)7-8-10(12)13/h9,11H,2-8H2,1H3,(H,12,13). The zero-order valence-electron chi connectivity index (χ0n) is 8.33. The summed E-state index contributed by atoms with van der Waals surface area (Å²) in [6, 6.07) is 0. The summed E-state index contributed by atoms with van der Waals surface area (Å²) >= 11 is 0. The lowest BCUT2D eigenvalue weighted by Crippen LogP contribution is -2.09. The highest BCUT2D eigenvalue weighted by atomic mass is 16.4. The van der Waals surface area contributed by atoms with Crippen molar-refractivity contribution >= 4 is 5.97 Å². The van der Waals surface area contributed by atoms with E-state index >= 15 is 0 Å². The van der Waals surface area contributed by atoms with Crippen LogP contribution in [0.1, 0.15) is 51.9 Å². The van der Waals surface area contributed by atoms with Gasteiger partial charge in [-0.1, -0.05) is 32.6 Å². The molecule has 3 nitrogen and oxygen atoms in total. The van der Waals surface area contributed by atoms with Crippen molar-refractivity contribution < 1.29 is 15.0 Å². The van der Waals surface area contributed by atoms with Gasteiger partial charge in [0, 0.05) is 6.42 Å². The third-order valence-corrected chi connectivity index (χ3v) is 2.08. The van der Waals surface area contributed by atoms with Crippen LogP contribution in [0.2, 0.25) is 0 Å². The van der Waals surface area contributed by atoms with Crippen LogP contribution in [0, 0.1) is 0 Å². The molecule has 3 heteroatoms. The lowest BCUT2D eigenvalue weighted by atomic mass is 10.1.